The summed E-state index contributed by atoms with van der Waals surface area (Å²) in [6.45, 7) is 2.79. The molecule has 0 atom stereocenters. The summed E-state index contributed by atoms with van der Waals surface area (Å²) in [6, 6.07) is 6.71. The number of aromatic nitrogens is 3. The topological polar surface area (TPSA) is 64.8 Å². The van der Waals surface area contributed by atoms with Gasteiger partial charge in [0.15, 0.2) is 15.7 Å². The lowest BCUT2D eigenvalue weighted by atomic mass is 10.2. The van der Waals surface area contributed by atoms with Crippen molar-refractivity contribution in [1.29, 1.82) is 0 Å². The van der Waals surface area contributed by atoms with E-state index >= 15 is 0 Å². The first-order valence-electron chi connectivity index (χ1n) is 6.26. The molecule has 0 fully saturated rings. The molecule has 0 N–H and O–H groups in total. The van der Waals surface area contributed by atoms with Crippen LogP contribution in [0.5, 0.6) is 0 Å². The highest BCUT2D eigenvalue weighted by atomic mass is 35.5. The van der Waals surface area contributed by atoms with Crippen LogP contribution in [0.15, 0.2) is 29.2 Å². The molecule has 0 saturated heterocycles. The van der Waals surface area contributed by atoms with Crippen LogP contribution in [0.1, 0.15) is 19.2 Å². The fourth-order valence-electron chi connectivity index (χ4n) is 1.97. The maximum atomic E-state index is 11.6. The Morgan fingerprint density at radius 3 is 2.65 bits per heavy atom. The molecule has 1 heterocycles. The molecule has 0 aliphatic heterocycles. The summed E-state index contributed by atoms with van der Waals surface area (Å²) >= 11 is 5.85. The van der Waals surface area contributed by atoms with Crippen molar-refractivity contribution in [3.05, 3.63) is 30.1 Å². The van der Waals surface area contributed by atoms with Crippen LogP contribution in [-0.2, 0) is 22.3 Å². The van der Waals surface area contributed by atoms with Crippen molar-refractivity contribution in [3.8, 4) is 11.4 Å². The normalized spacial score (nSPS) is 11.8. The largest absolute Gasteiger partial charge is 0.310 e. The highest BCUT2D eigenvalue weighted by Gasteiger charge is 2.15. The van der Waals surface area contributed by atoms with E-state index in [1.54, 1.807) is 18.2 Å². The Bertz CT molecular complexity index is 710. The van der Waals surface area contributed by atoms with Gasteiger partial charge in [-0.3, -0.25) is 0 Å². The van der Waals surface area contributed by atoms with Crippen molar-refractivity contribution >= 4 is 21.4 Å². The first-order chi connectivity index (χ1) is 9.47. The number of halogens is 1. The maximum absolute atomic E-state index is 11.6. The molecule has 0 radical (unpaired) electrons. The van der Waals surface area contributed by atoms with E-state index in [1.165, 1.54) is 6.26 Å². The number of alkyl halides is 1. The number of rotatable bonds is 5. The van der Waals surface area contributed by atoms with Crippen molar-refractivity contribution < 1.29 is 8.42 Å². The lowest BCUT2D eigenvalue weighted by Crippen LogP contribution is -2.04. The van der Waals surface area contributed by atoms with Crippen LogP contribution in [0.4, 0.5) is 0 Å². The molecule has 1 aromatic heterocycles. The number of benzene rings is 1. The second kappa shape index (κ2) is 5.93. The molecular formula is C13H16ClN3O2S. The lowest BCUT2D eigenvalue weighted by molar-refractivity contribution is 0.602. The molecule has 2 aromatic rings. The van der Waals surface area contributed by atoms with Gasteiger partial charge in [0, 0.05) is 18.4 Å². The van der Waals surface area contributed by atoms with E-state index in [4.69, 9.17) is 11.6 Å². The van der Waals surface area contributed by atoms with Gasteiger partial charge in [-0.15, -0.1) is 21.8 Å². The van der Waals surface area contributed by atoms with E-state index in [0.717, 1.165) is 18.5 Å². The molecule has 1 aromatic carbocycles. The molecule has 0 aliphatic carbocycles. The smallest absolute Gasteiger partial charge is 0.175 e. The summed E-state index contributed by atoms with van der Waals surface area (Å²) in [5.41, 5.74) is 0.727. The predicted molar refractivity (Wildman–Crippen MR) is 78.4 cm³/mol. The van der Waals surface area contributed by atoms with Gasteiger partial charge in [0.2, 0.25) is 0 Å². The Balaban J connectivity index is 2.54. The summed E-state index contributed by atoms with van der Waals surface area (Å²) in [6.07, 6.45) is 2.10. The number of hydrogen-bond acceptors (Lipinski definition) is 4. The van der Waals surface area contributed by atoms with Gasteiger partial charge >= 0.3 is 0 Å². The Morgan fingerprint density at radius 2 is 2.05 bits per heavy atom. The Hall–Kier alpha value is -1.40. The van der Waals surface area contributed by atoms with Crippen molar-refractivity contribution in [2.24, 2.45) is 0 Å². The van der Waals surface area contributed by atoms with Gasteiger partial charge in [0.05, 0.1) is 10.8 Å². The van der Waals surface area contributed by atoms with E-state index in [9.17, 15) is 8.42 Å². The second-order valence-electron chi connectivity index (χ2n) is 4.53. The maximum Gasteiger partial charge on any atom is 0.175 e. The molecule has 0 unspecified atom stereocenters. The van der Waals surface area contributed by atoms with Gasteiger partial charge in [-0.1, -0.05) is 19.1 Å². The fraction of sp³-hybridized carbons (Fsp3) is 0.385. The minimum absolute atomic E-state index is 0.272. The minimum Gasteiger partial charge on any atom is -0.310 e. The Labute approximate surface area is 123 Å². The van der Waals surface area contributed by atoms with E-state index in [2.05, 4.69) is 17.1 Å². The van der Waals surface area contributed by atoms with E-state index < -0.39 is 9.84 Å². The summed E-state index contributed by atoms with van der Waals surface area (Å²) in [7, 11) is -3.24. The van der Waals surface area contributed by atoms with Crippen molar-refractivity contribution in [1.82, 2.24) is 14.8 Å². The van der Waals surface area contributed by atoms with E-state index in [0.29, 0.717) is 11.6 Å². The number of sulfone groups is 1. The zero-order chi connectivity index (χ0) is 14.8. The molecule has 0 spiro atoms. The first-order valence-corrected chi connectivity index (χ1v) is 8.68. The molecule has 0 saturated carbocycles. The van der Waals surface area contributed by atoms with Gasteiger partial charge in [-0.05, 0) is 18.6 Å². The van der Waals surface area contributed by atoms with Crippen molar-refractivity contribution in [2.45, 2.75) is 30.7 Å². The molecule has 7 heteroatoms. The van der Waals surface area contributed by atoms with Crippen LogP contribution < -0.4 is 0 Å². The third kappa shape index (κ3) is 3.02. The highest BCUT2D eigenvalue weighted by molar-refractivity contribution is 7.90. The zero-order valence-corrected chi connectivity index (χ0v) is 12.9. The summed E-state index contributed by atoms with van der Waals surface area (Å²) < 4.78 is 25.2. The quantitative estimate of drug-likeness (QED) is 0.796. The summed E-state index contributed by atoms with van der Waals surface area (Å²) in [4.78, 5) is 0.272. The van der Waals surface area contributed by atoms with Crippen LogP contribution in [0.3, 0.4) is 0 Å². The van der Waals surface area contributed by atoms with Crippen molar-refractivity contribution in [2.75, 3.05) is 6.26 Å². The van der Waals surface area contributed by atoms with Gasteiger partial charge in [-0.2, -0.15) is 0 Å². The van der Waals surface area contributed by atoms with E-state index in [-0.39, 0.29) is 10.8 Å². The number of hydrogen-bond donors (Lipinski definition) is 0. The molecule has 108 valence electrons. The standard InChI is InChI=1S/C13H16ClN3O2S/c1-3-7-17-12(9-14)15-16-13(17)10-5-4-6-11(8-10)20(2,18)19/h4-6,8H,3,7,9H2,1-2H3. The van der Waals surface area contributed by atoms with Crippen LogP contribution in [-0.4, -0.2) is 29.4 Å². The molecular weight excluding hydrogens is 298 g/mol. The number of nitrogens with zero attached hydrogens (tertiary/aromatic N) is 3. The van der Waals surface area contributed by atoms with Gasteiger partial charge in [0.1, 0.15) is 5.82 Å². The minimum atomic E-state index is -3.24. The average Bonchev–Trinajstić information content (AvgIpc) is 2.81. The third-order valence-electron chi connectivity index (χ3n) is 2.91. The molecule has 20 heavy (non-hydrogen) atoms. The Kier molecular flexibility index (Phi) is 4.45. The monoisotopic (exact) mass is 313 g/mol. The van der Waals surface area contributed by atoms with E-state index in [1.807, 2.05) is 10.6 Å². The van der Waals surface area contributed by atoms with Crippen LogP contribution in [0.25, 0.3) is 11.4 Å². The van der Waals surface area contributed by atoms with Crippen LogP contribution in [0, 0.1) is 0 Å². The second-order valence-corrected chi connectivity index (χ2v) is 6.81. The third-order valence-corrected chi connectivity index (χ3v) is 4.26. The Morgan fingerprint density at radius 1 is 1.30 bits per heavy atom. The zero-order valence-electron chi connectivity index (χ0n) is 11.4. The van der Waals surface area contributed by atoms with Crippen molar-refractivity contribution in [3.63, 3.8) is 0 Å². The fourth-order valence-corrected chi connectivity index (χ4v) is 2.84. The van der Waals surface area contributed by atoms with Crippen LogP contribution in [0.2, 0.25) is 0 Å². The lowest BCUT2D eigenvalue weighted by Gasteiger charge is -2.08. The SMILES string of the molecule is CCCn1c(CCl)nnc1-c1cccc(S(C)(=O)=O)c1. The first kappa shape index (κ1) is 15.0. The molecule has 0 aliphatic rings. The van der Waals surface area contributed by atoms with Gasteiger partial charge in [0.25, 0.3) is 0 Å². The summed E-state index contributed by atoms with van der Waals surface area (Å²) in [5, 5.41) is 8.19. The molecule has 0 bridgehead atoms. The average molecular weight is 314 g/mol. The molecule has 0 amide bonds. The van der Waals surface area contributed by atoms with Crippen LogP contribution >= 0.6 is 11.6 Å². The molecule has 5 nitrogen and oxygen atoms in total. The van der Waals surface area contributed by atoms with Gasteiger partial charge in [-0.25, -0.2) is 8.42 Å². The molecule has 2 rings (SSSR count). The summed E-state index contributed by atoms with van der Waals surface area (Å²) in [5.74, 6) is 1.61. The highest BCUT2D eigenvalue weighted by Crippen LogP contribution is 2.22. The predicted octanol–water partition coefficient (Wildman–Crippen LogP) is 2.50. The van der Waals surface area contributed by atoms with Gasteiger partial charge < -0.3 is 4.57 Å².